The van der Waals surface area contributed by atoms with E-state index in [1.165, 1.54) is 6.92 Å². The highest BCUT2D eigenvalue weighted by Gasteiger charge is 2.49. The Hall–Kier alpha value is -3.36. The van der Waals surface area contributed by atoms with E-state index in [-0.39, 0.29) is 0 Å². The van der Waals surface area contributed by atoms with Gasteiger partial charge in [0, 0.05) is 0 Å². The molecular weight excluding hydrogens is 399 g/mol. The molecule has 3 rings (SSSR count). The second kappa shape index (κ2) is 8.17. The van der Waals surface area contributed by atoms with Crippen molar-refractivity contribution in [2.24, 2.45) is 0 Å². The molecule has 2 aromatic rings. The van der Waals surface area contributed by atoms with Gasteiger partial charge >= 0.3 is 6.03 Å². The Morgan fingerprint density at radius 1 is 1.07 bits per heavy atom. The maximum atomic E-state index is 13.7. The summed E-state index contributed by atoms with van der Waals surface area (Å²) < 4.78 is 40.0. The van der Waals surface area contributed by atoms with Crippen molar-refractivity contribution in [1.29, 1.82) is 0 Å². The molecule has 0 saturated carbocycles. The van der Waals surface area contributed by atoms with E-state index in [2.05, 4.69) is 5.32 Å². The minimum Gasteiger partial charge on any atom is -0.322 e. The maximum absolute atomic E-state index is 13.7. The lowest BCUT2D eigenvalue weighted by atomic mass is 9.91. The summed E-state index contributed by atoms with van der Waals surface area (Å²) in [6, 6.07) is 7.92. The van der Waals surface area contributed by atoms with Crippen molar-refractivity contribution in [1.82, 2.24) is 10.2 Å². The Morgan fingerprint density at radius 3 is 2.37 bits per heavy atom. The fourth-order valence-electron chi connectivity index (χ4n) is 3.29. The number of hydrogen-bond acceptors (Lipinski definition) is 3. The molecule has 1 saturated heterocycles. The van der Waals surface area contributed by atoms with E-state index in [0.29, 0.717) is 16.5 Å². The van der Waals surface area contributed by atoms with Crippen LogP contribution in [0.5, 0.6) is 0 Å². The number of benzene rings is 2. The number of aryl methyl sites for hydroxylation is 1. The molecule has 0 radical (unpaired) electrons. The van der Waals surface area contributed by atoms with E-state index in [4.69, 9.17) is 0 Å². The van der Waals surface area contributed by atoms with Gasteiger partial charge in [-0.05, 0) is 36.6 Å². The predicted octanol–water partition coefficient (Wildman–Crippen LogP) is 3.46. The molecule has 158 valence electrons. The summed E-state index contributed by atoms with van der Waals surface area (Å²) in [6.07, 6.45) is 1.85. The van der Waals surface area contributed by atoms with Crippen molar-refractivity contribution in [2.45, 2.75) is 32.2 Å². The van der Waals surface area contributed by atoms with Crippen molar-refractivity contribution in [3.05, 3.63) is 65.0 Å². The number of hydrogen-bond donors (Lipinski definition) is 2. The SMILES string of the molecule is CCCc1ccc([C@]2(C)NC(=O)N(CC(=O)Nc3ccc(F)c(F)c3F)C2=O)cc1. The molecule has 4 amide bonds. The predicted molar refractivity (Wildman–Crippen MR) is 103 cm³/mol. The Balaban J connectivity index is 1.74. The quantitative estimate of drug-likeness (QED) is 0.556. The molecule has 6 nitrogen and oxygen atoms in total. The molecule has 0 bridgehead atoms. The zero-order valence-electron chi connectivity index (χ0n) is 16.4. The monoisotopic (exact) mass is 419 g/mol. The van der Waals surface area contributed by atoms with Crippen LogP contribution < -0.4 is 10.6 Å². The summed E-state index contributed by atoms with van der Waals surface area (Å²) in [6.45, 7) is 2.85. The van der Waals surface area contributed by atoms with Gasteiger partial charge in [-0.2, -0.15) is 0 Å². The Labute approximate surface area is 171 Å². The topological polar surface area (TPSA) is 78.5 Å². The first-order valence-corrected chi connectivity index (χ1v) is 9.34. The largest absolute Gasteiger partial charge is 0.325 e. The van der Waals surface area contributed by atoms with E-state index in [1.54, 1.807) is 12.1 Å². The smallest absolute Gasteiger partial charge is 0.322 e. The molecule has 0 aliphatic carbocycles. The summed E-state index contributed by atoms with van der Waals surface area (Å²) in [4.78, 5) is 38.1. The van der Waals surface area contributed by atoms with Gasteiger partial charge in [0.1, 0.15) is 12.1 Å². The first-order chi connectivity index (χ1) is 14.2. The molecule has 1 fully saturated rings. The van der Waals surface area contributed by atoms with Gasteiger partial charge in [-0.1, -0.05) is 37.6 Å². The molecule has 0 unspecified atom stereocenters. The van der Waals surface area contributed by atoms with Crippen molar-refractivity contribution in [2.75, 3.05) is 11.9 Å². The Morgan fingerprint density at radius 2 is 1.73 bits per heavy atom. The molecule has 1 heterocycles. The van der Waals surface area contributed by atoms with Crippen molar-refractivity contribution < 1.29 is 27.6 Å². The van der Waals surface area contributed by atoms with Gasteiger partial charge < -0.3 is 10.6 Å². The summed E-state index contributed by atoms with van der Waals surface area (Å²) in [7, 11) is 0. The normalized spacial score (nSPS) is 18.5. The lowest BCUT2D eigenvalue weighted by Gasteiger charge is -2.22. The molecule has 2 N–H and O–H groups in total. The van der Waals surface area contributed by atoms with Crippen LogP contribution >= 0.6 is 0 Å². The number of carbonyl (C=O) groups is 3. The number of urea groups is 1. The number of anilines is 1. The number of nitrogens with zero attached hydrogens (tertiary/aromatic N) is 1. The average Bonchev–Trinajstić information content (AvgIpc) is 2.93. The molecule has 9 heteroatoms. The van der Waals surface area contributed by atoms with Crippen LogP contribution in [0.2, 0.25) is 0 Å². The third-order valence-corrected chi connectivity index (χ3v) is 4.96. The highest BCUT2D eigenvalue weighted by Crippen LogP contribution is 2.29. The van der Waals surface area contributed by atoms with Gasteiger partial charge in [0.05, 0.1) is 5.69 Å². The molecule has 1 aliphatic heterocycles. The third kappa shape index (κ3) is 3.87. The average molecular weight is 419 g/mol. The molecule has 0 aromatic heterocycles. The first-order valence-electron chi connectivity index (χ1n) is 9.34. The third-order valence-electron chi connectivity index (χ3n) is 4.96. The van der Waals surface area contributed by atoms with Gasteiger partial charge in [-0.25, -0.2) is 18.0 Å². The zero-order chi connectivity index (χ0) is 22.1. The van der Waals surface area contributed by atoms with Crippen LogP contribution in [0.3, 0.4) is 0 Å². The Kier molecular flexibility index (Phi) is 5.82. The summed E-state index contributed by atoms with van der Waals surface area (Å²) >= 11 is 0. The number of amides is 4. The van der Waals surface area contributed by atoms with Crippen LogP contribution in [0.4, 0.5) is 23.7 Å². The molecule has 0 spiro atoms. The highest BCUT2D eigenvalue weighted by molar-refractivity contribution is 6.10. The number of carbonyl (C=O) groups excluding carboxylic acids is 3. The van der Waals surface area contributed by atoms with Crippen LogP contribution in [0, 0.1) is 17.5 Å². The maximum Gasteiger partial charge on any atom is 0.325 e. The zero-order valence-corrected chi connectivity index (χ0v) is 16.4. The molecular formula is C21H20F3N3O3. The second-order valence-corrected chi connectivity index (χ2v) is 7.16. The lowest BCUT2D eigenvalue weighted by Crippen LogP contribution is -2.42. The van der Waals surface area contributed by atoms with Gasteiger partial charge in [-0.15, -0.1) is 0 Å². The summed E-state index contributed by atoms with van der Waals surface area (Å²) in [5.41, 5.74) is -0.322. The molecule has 1 aliphatic rings. The van der Waals surface area contributed by atoms with E-state index in [9.17, 15) is 27.6 Å². The fourth-order valence-corrected chi connectivity index (χ4v) is 3.29. The minimum absolute atomic E-state index is 0.551. The van der Waals surface area contributed by atoms with Crippen molar-refractivity contribution in [3.8, 4) is 0 Å². The second-order valence-electron chi connectivity index (χ2n) is 7.16. The number of halogens is 3. The van der Waals surface area contributed by atoms with Crippen LogP contribution in [-0.2, 0) is 21.5 Å². The summed E-state index contributed by atoms with van der Waals surface area (Å²) in [5, 5.41) is 4.61. The van der Waals surface area contributed by atoms with Crippen molar-refractivity contribution in [3.63, 3.8) is 0 Å². The molecule has 1 atom stereocenters. The van der Waals surface area contributed by atoms with Gasteiger partial charge in [0.2, 0.25) is 5.91 Å². The van der Waals surface area contributed by atoms with E-state index >= 15 is 0 Å². The van der Waals surface area contributed by atoms with Crippen LogP contribution in [0.1, 0.15) is 31.4 Å². The minimum atomic E-state index is -1.73. The van der Waals surface area contributed by atoms with Crippen LogP contribution in [0.25, 0.3) is 0 Å². The van der Waals surface area contributed by atoms with E-state index < -0.39 is 53.1 Å². The number of nitrogens with one attached hydrogen (secondary N) is 2. The lowest BCUT2D eigenvalue weighted by molar-refractivity contribution is -0.133. The van der Waals surface area contributed by atoms with E-state index in [1.807, 2.05) is 24.4 Å². The Bertz CT molecular complexity index is 1010. The first kappa shape index (κ1) is 21.4. The molecule has 2 aromatic carbocycles. The van der Waals surface area contributed by atoms with Gasteiger partial charge in [0.15, 0.2) is 17.5 Å². The van der Waals surface area contributed by atoms with Crippen LogP contribution in [0.15, 0.2) is 36.4 Å². The van der Waals surface area contributed by atoms with E-state index in [0.717, 1.165) is 24.5 Å². The number of imide groups is 1. The highest BCUT2D eigenvalue weighted by atomic mass is 19.2. The standard InChI is InChI=1S/C21H20F3N3O3/c1-3-4-12-5-7-13(8-6-12)21(2)19(29)27(20(30)26-21)11-16(28)25-15-10-9-14(22)17(23)18(15)24/h5-10H,3-4,11H2,1-2H3,(H,25,28)(H,26,30)/t21-/m0/s1. The van der Waals surface area contributed by atoms with Gasteiger partial charge in [-0.3, -0.25) is 14.5 Å². The van der Waals surface area contributed by atoms with Crippen molar-refractivity contribution >= 4 is 23.5 Å². The number of rotatable bonds is 6. The summed E-state index contributed by atoms with van der Waals surface area (Å²) in [5.74, 6) is -6.30. The van der Waals surface area contributed by atoms with Crippen LogP contribution in [-0.4, -0.2) is 29.3 Å². The fraction of sp³-hybridized carbons (Fsp3) is 0.286. The van der Waals surface area contributed by atoms with Gasteiger partial charge in [0.25, 0.3) is 5.91 Å². The molecule has 30 heavy (non-hydrogen) atoms.